The highest BCUT2D eigenvalue weighted by Crippen LogP contribution is 2.32. The number of nitrogens with one attached hydrogen (secondary N) is 1. The van der Waals surface area contributed by atoms with E-state index < -0.39 is 10.0 Å². The molecule has 0 saturated carbocycles. The Morgan fingerprint density at radius 1 is 1.14 bits per heavy atom. The lowest BCUT2D eigenvalue weighted by Gasteiger charge is -2.31. The Kier molecular flexibility index (Phi) is 5.33. The third kappa shape index (κ3) is 4.01. The minimum absolute atomic E-state index is 0.0180. The third-order valence-corrected chi connectivity index (χ3v) is 7.17. The number of pyridine rings is 2. The Balaban J connectivity index is 1.55. The normalized spacial score (nSPS) is 17.9. The molecule has 9 heteroatoms. The Morgan fingerprint density at radius 3 is 2.69 bits per heavy atom. The number of hydrogen-bond donors (Lipinski definition) is 1. The Morgan fingerprint density at radius 2 is 1.97 bits per heavy atom. The van der Waals surface area contributed by atoms with Crippen molar-refractivity contribution in [1.29, 1.82) is 0 Å². The molecule has 0 aliphatic carbocycles. The van der Waals surface area contributed by atoms with Gasteiger partial charge in [-0.05, 0) is 51.0 Å². The smallest absolute Gasteiger partial charge is 0.248 e. The molecule has 1 atom stereocenters. The fraction of sp³-hybridized carbons (Fsp3) is 0.350. The molecular weight excluding hydrogens is 390 g/mol. The molecule has 3 aromatic heterocycles. The van der Waals surface area contributed by atoms with Crippen molar-refractivity contribution in [2.24, 2.45) is 0 Å². The number of rotatable bonds is 5. The molecule has 1 unspecified atom stereocenters. The minimum Gasteiger partial charge on any atom is -0.360 e. The summed E-state index contributed by atoms with van der Waals surface area (Å²) in [6.07, 6.45) is 3.37. The number of hydrogen-bond acceptors (Lipinski definition) is 7. The van der Waals surface area contributed by atoms with Crippen LogP contribution in [0.2, 0.25) is 0 Å². The van der Waals surface area contributed by atoms with Crippen LogP contribution in [0.15, 0.2) is 52.0 Å². The van der Waals surface area contributed by atoms with Gasteiger partial charge in [-0.2, -0.15) is 4.31 Å². The van der Waals surface area contributed by atoms with Gasteiger partial charge in [0, 0.05) is 30.9 Å². The van der Waals surface area contributed by atoms with E-state index >= 15 is 0 Å². The van der Waals surface area contributed by atoms with Crippen LogP contribution in [0, 0.1) is 13.8 Å². The van der Waals surface area contributed by atoms with E-state index in [4.69, 9.17) is 9.51 Å². The summed E-state index contributed by atoms with van der Waals surface area (Å²) in [5.74, 6) is 1.74. The number of anilines is 2. The summed E-state index contributed by atoms with van der Waals surface area (Å²) in [7, 11) is -3.66. The van der Waals surface area contributed by atoms with Crippen LogP contribution in [-0.2, 0) is 10.0 Å². The van der Waals surface area contributed by atoms with E-state index in [0.29, 0.717) is 36.2 Å². The standard InChI is InChI=1S/C20H23N5O3S/c1-14-20(15(2)28-24-14)29(26,27)25-12-6-7-16(13-25)17-8-5-10-19(22-17)23-18-9-3-4-11-21-18/h3-5,8-11,16H,6-7,12-13H2,1-2H3,(H,21,22,23). The van der Waals surface area contributed by atoms with Gasteiger partial charge in [0.1, 0.15) is 22.2 Å². The molecule has 29 heavy (non-hydrogen) atoms. The first-order valence-corrected chi connectivity index (χ1v) is 11.0. The van der Waals surface area contributed by atoms with Gasteiger partial charge in [0.25, 0.3) is 0 Å². The van der Waals surface area contributed by atoms with E-state index in [1.54, 1.807) is 20.0 Å². The minimum atomic E-state index is -3.66. The second-order valence-electron chi connectivity index (χ2n) is 7.14. The highest BCUT2D eigenvalue weighted by atomic mass is 32.2. The molecule has 152 valence electrons. The van der Waals surface area contributed by atoms with Gasteiger partial charge < -0.3 is 9.84 Å². The molecule has 0 bridgehead atoms. The van der Waals surface area contributed by atoms with Gasteiger partial charge in [-0.25, -0.2) is 18.4 Å². The number of nitrogens with zero attached hydrogens (tertiary/aromatic N) is 4. The van der Waals surface area contributed by atoms with E-state index in [9.17, 15) is 8.42 Å². The molecule has 1 saturated heterocycles. The zero-order valence-corrected chi connectivity index (χ0v) is 17.2. The zero-order valence-electron chi connectivity index (χ0n) is 16.4. The summed E-state index contributed by atoms with van der Waals surface area (Å²) in [4.78, 5) is 9.13. The lowest BCUT2D eigenvalue weighted by molar-refractivity contribution is 0.312. The van der Waals surface area contributed by atoms with E-state index in [1.165, 1.54) is 4.31 Å². The largest absolute Gasteiger partial charge is 0.360 e. The van der Waals surface area contributed by atoms with Crippen molar-refractivity contribution >= 4 is 21.7 Å². The molecule has 4 heterocycles. The second kappa shape index (κ2) is 7.92. The fourth-order valence-electron chi connectivity index (χ4n) is 3.69. The molecule has 1 aliphatic heterocycles. The van der Waals surface area contributed by atoms with Crippen molar-refractivity contribution in [1.82, 2.24) is 19.4 Å². The molecule has 8 nitrogen and oxygen atoms in total. The molecule has 1 N–H and O–H groups in total. The van der Waals surface area contributed by atoms with E-state index in [-0.39, 0.29) is 10.8 Å². The molecule has 0 spiro atoms. The van der Waals surface area contributed by atoms with Crippen LogP contribution in [0.5, 0.6) is 0 Å². The quantitative estimate of drug-likeness (QED) is 0.684. The molecule has 0 amide bonds. The molecule has 1 aliphatic rings. The van der Waals surface area contributed by atoms with Crippen LogP contribution in [0.4, 0.5) is 11.6 Å². The van der Waals surface area contributed by atoms with Crippen LogP contribution in [0.25, 0.3) is 0 Å². The summed E-state index contributed by atoms with van der Waals surface area (Å²) in [5.41, 5.74) is 1.26. The topological polar surface area (TPSA) is 101 Å². The second-order valence-corrected chi connectivity index (χ2v) is 9.02. The summed E-state index contributed by atoms with van der Waals surface area (Å²) < 4.78 is 32.9. The lowest BCUT2D eigenvalue weighted by Crippen LogP contribution is -2.39. The predicted octanol–water partition coefficient (Wildman–Crippen LogP) is 3.39. The first-order chi connectivity index (χ1) is 13.9. The van der Waals surface area contributed by atoms with Crippen molar-refractivity contribution in [3.8, 4) is 0 Å². The number of aromatic nitrogens is 3. The van der Waals surface area contributed by atoms with Gasteiger partial charge in [-0.3, -0.25) is 0 Å². The summed E-state index contributed by atoms with van der Waals surface area (Å²) in [6.45, 7) is 4.14. The Hall–Kier alpha value is -2.78. The van der Waals surface area contributed by atoms with E-state index in [2.05, 4.69) is 15.5 Å². The SMILES string of the molecule is Cc1noc(C)c1S(=O)(=O)N1CCCC(c2cccc(Nc3ccccn3)n2)C1. The van der Waals surface area contributed by atoms with Gasteiger partial charge >= 0.3 is 0 Å². The Labute approximate surface area is 170 Å². The molecule has 0 aromatic carbocycles. The highest BCUT2D eigenvalue weighted by Gasteiger charge is 2.35. The van der Waals surface area contributed by atoms with Gasteiger partial charge in [0.15, 0.2) is 5.76 Å². The van der Waals surface area contributed by atoms with Gasteiger partial charge in [-0.15, -0.1) is 0 Å². The van der Waals surface area contributed by atoms with Gasteiger partial charge in [-0.1, -0.05) is 17.3 Å². The van der Waals surface area contributed by atoms with Crippen molar-refractivity contribution in [3.05, 3.63) is 59.7 Å². The average molecular weight is 414 g/mol. The molecule has 4 rings (SSSR count). The number of piperidine rings is 1. The highest BCUT2D eigenvalue weighted by molar-refractivity contribution is 7.89. The summed E-state index contributed by atoms with van der Waals surface area (Å²) in [5, 5.41) is 6.99. The lowest BCUT2D eigenvalue weighted by atomic mass is 9.95. The molecular formula is C20H23N5O3S. The maximum absolute atomic E-state index is 13.2. The molecule has 0 radical (unpaired) electrons. The Bertz CT molecular complexity index is 1080. The van der Waals surface area contributed by atoms with Crippen molar-refractivity contribution in [2.45, 2.75) is 37.5 Å². The number of aryl methyl sites for hydroxylation is 2. The maximum Gasteiger partial charge on any atom is 0.248 e. The molecule has 1 fully saturated rings. The van der Waals surface area contributed by atoms with Gasteiger partial charge in [0.2, 0.25) is 10.0 Å². The van der Waals surface area contributed by atoms with Crippen LogP contribution < -0.4 is 5.32 Å². The van der Waals surface area contributed by atoms with Crippen LogP contribution in [0.3, 0.4) is 0 Å². The monoisotopic (exact) mass is 413 g/mol. The first kappa shape index (κ1) is 19.5. The number of sulfonamides is 1. The zero-order chi connectivity index (χ0) is 20.4. The van der Waals surface area contributed by atoms with Crippen molar-refractivity contribution < 1.29 is 12.9 Å². The van der Waals surface area contributed by atoms with Crippen molar-refractivity contribution in [2.75, 3.05) is 18.4 Å². The third-order valence-electron chi connectivity index (χ3n) is 5.06. The summed E-state index contributed by atoms with van der Waals surface area (Å²) in [6, 6.07) is 11.4. The predicted molar refractivity (Wildman–Crippen MR) is 108 cm³/mol. The molecule has 3 aromatic rings. The van der Waals surface area contributed by atoms with Crippen LogP contribution in [0.1, 0.15) is 35.9 Å². The van der Waals surface area contributed by atoms with Crippen molar-refractivity contribution in [3.63, 3.8) is 0 Å². The fourth-order valence-corrected chi connectivity index (χ4v) is 5.51. The van der Waals surface area contributed by atoms with Crippen LogP contribution >= 0.6 is 0 Å². The average Bonchev–Trinajstić information content (AvgIpc) is 3.08. The maximum atomic E-state index is 13.2. The van der Waals surface area contributed by atoms with E-state index in [0.717, 1.165) is 18.5 Å². The van der Waals surface area contributed by atoms with Gasteiger partial charge in [0.05, 0.1) is 0 Å². The summed E-state index contributed by atoms with van der Waals surface area (Å²) >= 11 is 0. The van der Waals surface area contributed by atoms with Crippen LogP contribution in [-0.4, -0.2) is 40.9 Å². The first-order valence-electron chi connectivity index (χ1n) is 9.53. The van der Waals surface area contributed by atoms with E-state index in [1.807, 2.05) is 36.4 Å².